The normalized spacial score (nSPS) is 12.4. The Morgan fingerprint density at radius 1 is 1.32 bits per heavy atom. The van der Waals surface area contributed by atoms with Gasteiger partial charge in [0.1, 0.15) is 0 Å². The summed E-state index contributed by atoms with van der Waals surface area (Å²) in [5.41, 5.74) is 0. The Balaban J connectivity index is 2.97. The Hall–Kier alpha value is -1.36. The Morgan fingerprint density at radius 2 is 2.08 bits per heavy atom. The summed E-state index contributed by atoms with van der Waals surface area (Å²) >= 11 is 1.26. The van der Waals surface area contributed by atoms with Crippen LogP contribution in [0, 0.1) is 0 Å². The Morgan fingerprint density at radius 3 is 2.68 bits per heavy atom. The fourth-order valence-corrected chi connectivity index (χ4v) is 4.13. The van der Waals surface area contributed by atoms with Crippen molar-refractivity contribution in [2.45, 2.75) is 18.5 Å². The summed E-state index contributed by atoms with van der Waals surface area (Å²) in [6.07, 6.45) is 3.59. The maximum absolute atomic E-state index is 12.4. The number of nitrogens with zero attached hydrogens (tertiary/aromatic N) is 3. The summed E-state index contributed by atoms with van der Waals surface area (Å²) in [4.78, 5) is 4.30. The van der Waals surface area contributed by atoms with E-state index in [-0.39, 0.29) is 16.7 Å². The van der Waals surface area contributed by atoms with Crippen LogP contribution in [0.15, 0.2) is 23.9 Å². The van der Waals surface area contributed by atoms with Gasteiger partial charge in [0.25, 0.3) is 10.0 Å². The van der Waals surface area contributed by atoms with Gasteiger partial charge in [0, 0.05) is 12.9 Å². The molecule has 1 rings (SSSR count). The van der Waals surface area contributed by atoms with Crippen LogP contribution in [-0.4, -0.2) is 68.1 Å². The molecule has 0 unspecified atom stereocenters. The maximum Gasteiger partial charge on any atom is 0.256 e. The van der Waals surface area contributed by atoms with E-state index in [4.69, 9.17) is 14.2 Å². The molecule has 1 heterocycles. The molecular weight excluding hydrogens is 366 g/mol. The number of hydrogen-bond acceptors (Lipinski definition) is 8. The molecule has 0 aliphatic rings. The van der Waals surface area contributed by atoms with Crippen LogP contribution in [-0.2, 0) is 24.2 Å². The molecular formula is C15H25N3O5S2. The van der Waals surface area contributed by atoms with Gasteiger partial charge < -0.3 is 14.2 Å². The SMILES string of the molecule is C=C/C=C(\OC)c1nc(SCCOCCOC)n(S(=O)(=O)CCC)n1. The minimum Gasteiger partial charge on any atom is -0.493 e. The van der Waals surface area contributed by atoms with Crippen molar-refractivity contribution >= 4 is 27.5 Å². The van der Waals surface area contributed by atoms with Crippen molar-refractivity contribution in [2.24, 2.45) is 0 Å². The highest BCUT2D eigenvalue weighted by molar-refractivity contribution is 7.99. The van der Waals surface area contributed by atoms with Crippen LogP contribution in [0.2, 0.25) is 0 Å². The van der Waals surface area contributed by atoms with Crippen molar-refractivity contribution in [2.75, 3.05) is 45.5 Å². The summed E-state index contributed by atoms with van der Waals surface area (Å²) in [7, 11) is -0.508. The number of allylic oxidation sites excluding steroid dienone is 2. The zero-order valence-corrected chi connectivity index (χ0v) is 16.4. The van der Waals surface area contributed by atoms with Gasteiger partial charge >= 0.3 is 0 Å². The van der Waals surface area contributed by atoms with E-state index in [1.807, 2.05) is 0 Å². The smallest absolute Gasteiger partial charge is 0.256 e. The first-order chi connectivity index (χ1) is 12.0. The van der Waals surface area contributed by atoms with Crippen LogP contribution in [0.1, 0.15) is 19.2 Å². The molecule has 0 bridgehead atoms. The van der Waals surface area contributed by atoms with Gasteiger partial charge in [0.2, 0.25) is 11.0 Å². The van der Waals surface area contributed by atoms with Crippen LogP contribution in [0.25, 0.3) is 5.76 Å². The Labute approximate surface area is 153 Å². The van der Waals surface area contributed by atoms with Gasteiger partial charge in [0.05, 0.1) is 32.7 Å². The lowest BCUT2D eigenvalue weighted by Crippen LogP contribution is -2.19. The molecule has 1 aromatic heterocycles. The predicted octanol–water partition coefficient (Wildman–Crippen LogP) is 1.79. The average Bonchev–Trinajstić information content (AvgIpc) is 3.00. The zero-order valence-electron chi connectivity index (χ0n) is 14.8. The number of ether oxygens (including phenoxy) is 3. The van der Waals surface area contributed by atoms with E-state index < -0.39 is 10.0 Å². The molecule has 10 heteroatoms. The van der Waals surface area contributed by atoms with Crippen molar-refractivity contribution in [1.82, 2.24) is 14.2 Å². The lowest BCUT2D eigenvalue weighted by Gasteiger charge is -2.06. The lowest BCUT2D eigenvalue weighted by atomic mass is 10.4. The number of aromatic nitrogens is 3. The van der Waals surface area contributed by atoms with E-state index in [0.29, 0.717) is 37.8 Å². The molecule has 0 saturated heterocycles. The van der Waals surface area contributed by atoms with E-state index in [1.54, 1.807) is 20.1 Å². The molecule has 0 aliphatic carbocycles. The molecule has 0 amide bonds. The lowest BCUT2D eigenvalue weighted by molar-refractivity contribution is 0.0790. The monoisotopic (exact) mass is 391 g/mol. The summed E-state index contributed by atoms with van der Waals surface area (Å²) in [6.45, 7) is 6.84. The second kappa shape index (κ2) is 11.3. The summed E-state index contributed by atoms with van der Waals surface area (Å²) in [5.74, 6) is 1.07. The molecule has 8 nitrogen and oxygen atoms in total. The molecule has 0 saturated carbocycles. The van der Waals surface area contributed by atoms with Gasteiger partial charge in [-0.3, -0.25) is 0 Å². The number of hydrogen-bond donors (Lipinski definition) is 0. The molecule has 0 aliphatic heterocycles. The molecule has 1 aromatic rings. The predicted molar refractivity (Wildman–Crippen MR) is 98.1 cm³/mol. The average molecular weight is 392 g/mol. The third-order valence-corrected chi connectivity index (χ3v) is 5.59. The zero-order chi connectivity index (χ0) is 18.7. The van der Waals surface area contributed by atoms with Gasteiger partial charge in [-0.25, -0.2) is 8.42 Å². The molecule has 25 heavy (non-hydrogen) atoms. The highest BCUT2D eigenvalue weighted by Crippen LogP contribution is 2.21. The third-order valence-electron chi connectivity index (χ3n) is 2.88. The van der Waals surface area contributed by atoms with Crippen molar-refractivity contribution < 1.29 is 22.6 Å². The van der Waals surface area contributed by atoms with Crippen LogP contribution < -0.4 is 0 Å². The van der Waals surface area contributed by atoms with Gasteiger partial charge in [-0.2, -0.15) is 4.98 Å². The molecule has 0 radical (unpaired) electrons. The molecule has 0 aromatic carbocycles. The summed E-state index contributed by atoms with van der Waals surface area (Å²) in [5, 5.41) is 4.40. The Bertz CT molecular complexity index is 671. The van der Waals surface area contributed by atoms with Gasteiger partial charge in [-0.05, 0) is 12.5 Å². The standard InChI is InChI=1S/C15H25N3O5S2/c1-5-7-13(22-4)14-16-15(24-11-10-23-9-8-21-3)18(17-14)25(19,20)12-6-2/h5,7H,1,6,8-12H2,2-4H3/b13-7-. The topological polar surface area (TPSA) is 92.5 Å². The highest BCUT2D eigenvalue weighted by Gasteiger charge is 2.23. The summed E-state index contributed by atoms with van der Waals surface area (Å²) < 4.78 is 41.3. The van der Waals surface area contributed by atoms with E-state index >= 15 is 0 Å². The van der Waals surface area contributed by atoms with Crippen LogP contribution in [0.3, 0.4) is 0 Å². The second-order valence-electron chi connectivity index (χ2n) is 4.80. The van der Waals surface area contributed by atoms with Gasteiger partial charge in [-0.1, -0.05) is 31.3 Å². The highest BCUT2D eigenvalue weighted by atomic mass is 32.2. The number of rotatable bonds is 13. The summed E-state index contributed by atoms with van der Waals surface area (Å²) in [6, 6.07) is 0. The van der Waals surface area contributed by atoms with Crippen LogP contribution in [0.5, 0.6) is 0 Å². The largest absolute Gasteiger partial charge is 0.493 e. The first-order valence-electron chi connectivity index (χ1n) is 7.77. The third kappa shape index (κ3) is 6.81. The molecule has 0 atom stereocenters. The minimum atomic E-state index is -3.58. The van der Waals surface area contributed by atoms with E-state index in [2.05, 4.69) is 16.7 Å². The van der Waals surface area contributed by atoms with Crippen LogP contribution >= 0.6 is 11.8 Å². The minimum absolute atomic E-state index is 0.0127. The molecule has 0 spiro atoms. The van der Waals surface area contributed by atoms with Gasteiger partial charge in [0.15, 0.2) is 5.76 Å². The second-order valence-corrected chi connectivity index (χ2v) is 7.78. The number of methoxy groups -OCH3 is 2. The first kappa shape index (κ1) is 21.7. The van der Waals surface area contributed by atoms with E-state index in [1.165, 1.54) is 24.9 Å². The van der Waals surface area contributed by atoms with Gasteiger partial charge in [-0.15, -0.1) is 9.19 Å². The van der Waals surface area contributed by atoms with E-state index in [9.17, 15) is 8.42 Å². The molecule has 0 fully saturated rings. The quantitative estimate of drug-likeness (QED) is 0.217. The maximum atomic E-state index is 12.4. The van der Waals surface area contributed by atoms with E-state index in [0.717, 1.165) is 4.09 Å². The number of thioether (sulfide) groups is 1. The Kier molecular flexibility index (Phi) is 9.79. The van der Waals surface area contributed by atoms with Crippen molar-refractivity contribution in [1.29, 1.82) is 0 Å². The fraction of sp³-hybridized carbons (Fsp3) is 0.600. The van der Waals surface area contributed by atoms with Crippen LogP contribution in [0.4, 0.5) is 0 Å². The molecule has 142 valence electrons. The van der Waals surface area contributed by atoms with Crippen molar-refractivity contribution in [3.63, 3.8) is 0 Å². The molecule has 0 N–H and O–H groups in total. The first-order valence-corrected chi connectivity index (χ1v) is 10.4. The van der Waals surface area contributed by atoms with Crippen molar-refractivity contribution in [3.8, 4) is 0 Å². The van der Waals surface area contributed by atoms with Crippen molar-refractivity contribution in [3.05, 3.63) is 24.6 Å². The fourth-order valence-electron chi connectivity index (χ4n) is 1.78.